The Balaban J connectivity index is 2.52. The molecule has 0 aliphatic heterocycles. The summed E-state index contributed by atoms with van der Waals surface area (Å²) < 4.78 is 1.83. The minimum absolute atomic E-state index is 0.503. The lowest BCUT2D eigenvalue weighted by molar-refractivity contribution is 0.712. The zero-order valence-corrected chi connectivity index (χ0v) is 10.1. The first kappa shape index (κ1) is 11.2. The summed E-state index contributed by atoms with van der Waals surface area (Å²) in [7, 11) is 1.91. The monoisotopic (exact) mass is 235 g/mol. The fraction of sp³-hybridized carbons (Fsp3) is 0.250. The second-order valence-electron chi connectivity index (χ2n) is 3.75. The molecule has 1 heterocycles. The normalized spacial score (nSPS) is 10.8. The highest BCUT2D eigenvalue weighted by atomic mass is 35.5. The summed E-state index contributed by atoms with van der Waals surface area (Å²) in [4.78, 5) is 0. The molecule has 0 saturated carbocycles. The van der Waals surface area contributed by atoms with E-state index >= 15 is 0 Å². The van der Waals surface area contributed by atoms with Crippen molar-refractivity contribution in [2.75, 3.05) is 0 Å². The molecule has 0 unspecified atom stereocenters. The molecule has 0 radical (unpaired) electrons. The van der Waals surface area contributed by atoms with Crippen molar-refractivity contribution in [3.63, 3.8) is 0 Å². The molecule has 0 aliphatic rings. The zero-order chi connectivity index (χ0) is 11.7. The quantitative estimate of drug-likeness (QED) is 0.869. The Kier molecular flexibility index (Phi) is 2.99. The number of hydrogen-bond donors (Lipinski definition) is 1. The number of rotatable bonds is 2. The first-order valence-electron chi connectivity index (χ1n) is 5.12. The standard InChI is InChI=1S/C12H14ClN3/c1-8-11(7-14)16(2)15-12(8)9-3-5-10(13)6-4-9/h3-6H,7,14H2,1-2H3. The number of halogens is 1. The van der Waals surface area contributed by atoms with Gasteiger partial charge < -0.3 is 5.73 Å². The Morgan fingerprint density at radius 2 is 1.94 bits per heavy atom. The lowest BCUT2D eigenvalue weighted by atomic mass is 10.1. The summed E-state index contributed by atoms with van der Waals surface area (Å²) in [5, 5.41) is 5.21. The van der Waals surface area contributed by atoms with Crippen LogP contribution in [0.2, 0.25) is 5.02 Å². The molecular weight excluding hydrogens is 222 g/mol. The van der Waals surface area contributed by atoms with Gasteiger partial charge >= 0.3 is 0 Å². The SMILES string of the molecule is Cc1c(-c2ccc(Cl)cc2)nn(C)c1CN. The Labute approximate surface area is 99.8 Å². The van der Waals surface area contributed by atoms with Gasteiger partial charge in [-0.2, -0.15) is 5.10 Å². The van der Waals surface area contributed by atoms with Gasteiger partial charge in [0.05, 0.1) is 11.4 Å². The fourth-order valence-electron chi connectivity index (χ4n) is 1.83. The first-order chi connectivity index (χ1) is 7.63. The summed E-state index contributed by atoms with van der Waals surface area (Å²) in [5.41, 5.74) is 9.92. The molecule has 0 amide bonds. The molecule has 84 valence electrons. The van der Waals surface area contributed by atoms with Crippen LogP contribution in [0.15, 0.2) is 24.3 Å². The smallest absolute Gasteiger partial charge is 0.0955 e. The molecule has 0 aliphatic carbocycles. The van der Waals surface area contributed by atoms with Crippen LogP contribution in [0.1, 0.15) is 11.3 Å². The summed E-state index contributed by atoms with van der Waals surface area (Å²) in [6.07, 6.45) is 0. The van der Waals surface area contributed by atoms with Crippen molar-refractivity contribution in [3.8, 4) is 11.3 Å². The Bertz CT molecular complexity index is 500. The van der Waals surface area contributed by atoms with Gasteiger partial charge in [-0.25, -0.2) is 0 Å². The van der Waals surface area contributed by atoms with Crippen LogP contribution < -0.4 is 5.73 Å². The highest BCUT2D eigenvalue weighted by molar-refractivity contribution is 6.30. The molecule has 4 heteroatoms. The summed E-state index contributed by atoms with van der Waals surface area (Å²) in [6.45, 7) is 2.54. The van der Waals surface area contributed by atoms with Crippen molar-refractivity contribution in [2.45, 2.75) is 13.5 Å². The maximum absolute atomic E-state index is 5.86. The second kappa shape index (κ2) is 4.28. The van der Waals surface area contributed by atoms with E-state index in [1.165, 1.54) is 0 Å². The molecule has 0 bridgehead atoms. The van der Waals surface area contributed by atoms with Gasteiger partial charge in [-0.1, -0.05) is 23.7 Å². The maximum atomic E-state index is 5.86. The number of aromatic nitrogens is 2. The third-order valence-corrected chi connectivity index (χ3v) is 2.99. The Morgan fingerprint density at radius 3 is 2.44 bits per heavy atom. The van der Waals surface area contributed by atoms with E-state index in [2.05, 4.69) is 5.10 Å². The van der Waals surface area contributed by atoms with E-state index in [4.69, 9.17) is 17.3 Å². The van der Waals surface area contributed by atoms with Crippen LogP contribution >= 0.6 is 11.6 Å². The molecular formula is C12H14ClN3. The van der Waals surface area contributed by atoms with Gasteiger partial charge in [0.25, 0.3) is 0 Å². The van der Waals surface area contributed by atoms with Crippen LogP contribution in [0.5, 0.6) is 0 Å². The van der Waals surface area contributed by atoms with Crippen molar-refractivity contribution in [2.24, 2.45) is 12.8 Å². The van der Waals surface area contributed by atoms with Gasteiger partial charge in [0.15, 0.2) is 0 Å². The van der Waals surface area contributed by atoms with E-state index in [0.717, 1.165) is 27.5 Å². The van der Waals surface area contributed by atoms with Crippen molar-refractivity contribution in [1.82, 2.24) is 9.78 Å². The topological polar surface area (TPSA) is 43.8 Å². The number of hydrogen-bond acceptors (Lipinski definition) is 2. The highest BCUT2D eigenvalue weighted by Gasteiger charge is 2.12. The van der Waals surface area contributed by atoms with E-state index in [1.54, 1.807) is 0 Å². The largest absolute Gasteiger partial charge is 0.325 e. The first-order valence-corrected chi connectivity index (χ1v) is 5.49. The predicted octanol–water partition coefficient (Wildman–Crippen LogP) is 2.51. The van der Waals surface area contributed by atoms with Crippen LogP contribution in [0.3, 0.4) is 0 Å². The summed E-state index contributed by atoms with van der Waals surface area (Å²) >= 11 is 5.86. The Morgan fingerprint density at radius 1 is 1.31 bits per heavy atom. The van der Waals surface area contributed by atoms with Gasteiger partial charge in [-0.05, 0) is 24.6 Å². The average molecular weight is 236 g/mol. The molecule has 2 N–H and O–H groups in total. The minimum Gasteiger partial charge on any atom is -0.325 e. The fourth-order valence-corrected chi connectivity index (χ4v) is 1.96. The molecule has 0 saturated heterocycles. The van der Waals surface area contributed by atoms with E-state index in [1.807, 2.05) is 42.9 Å². The second-order valence-corrected chi connectivity index (χ2v) is 4.19. The minimum atomic E-state index is 0.503. The molecule has 1 aromatic carbocycles. The molecule has 0 fully saturated rings. The molecule has 0 spiro atoms. The Hall–Kier alpha value is -1.32. The van der Waals surface area contributed by atoms with E-state index in [-0.39, 0.29) is 0 Å². The molecule has 2 rings (SSSR count). The number of aryl methyl sites for hydroxylation is 1. The number of nitrogens with zero attached hydrogens (tertiary/aromatic N) is 2. The molecule has 1 aromatic heterocycles. The van der Waals surface area contributed by atoms with Crippen LogP contribution in [-0.2, 0) is 13.6 Å². The van der Waals surface area contributed by atoms with E-state index in [0.29, 0.717) is 6.54 Å². The third-order valence-electron chi connectivity index (χ3n) is 2.74. The van der Waals surface area contributed by atoms with Gasteiger partial charge in [-0.15, -0.1) is 0 Å². The summed E-state index contributed by atoms with van der Waals surface area (Å²) in [6, 6.07) is 7.68. The van der Waals surface area contributed by atoms with Crippen molar-refractivity contribution in [1.29, 1.82) is 0 Å². The summed E-state index contributed by atoms with van der Waals surface area (Å²) in [5.74, 6) is 0. The van der Waals surface area contributed by atoms with Gasteiger partial charge in [0.1, 0.15) is 0 Å². The van der Waals surface area contributed by atoms with Gasteiger partial charge in [-0.3, -0.25) is 4.68 Å². The molecule has 0 atom stereocenters. The van der Waals surface area contributed by atoms with Crippen LogP contribution in [0, 0.1) is 6.92 Å². The van der Waals surface area contributed by atoms with Crippen molar-refractivity contribution < 1.29 is 0 Å². The van der Waals surface area contributed by atoms with Crippen LogP contribution in [-0.4, -0.2) is 9.78 Å². The van der Waals surface area contributed by atoms with Gasteiger partial charge in [0, 0.05) is 24.2 Å². The molecule has 16 heavy (non-hydrogen) atoms. The predicted molar refractivity (Wildman–Crippen MR) is 66.3 cm³/mol. The highest BCUT2D eigenvalue weighted by Crippen LogP contribution is 2.25. The van der Waals surface area contributed by atoms with E-state index < -0.39 is 0 Å². The molecule has 2 aromatic rings. The lowest BCUT2D eigenvalue weighted by Gasteiger charge is -1.99. The third kappa shape index (κ3) is 1.84. The number of benzene rings is 1. The van der Waals surface area contributed by atoms with Crippen molar-refractivity contribution >= 4 is 11.6 Å². The number of nitrogens with two attached hydrogens (primary N) is 1. The zero-order valence-electron chi connectivity index (χ0n) is 9.37. The van der Waals surface area contributed by atoms with Gasteiger partial charge in [0.2, 0.25) is 0 Å². The maximum Gasteiger partial charge on any atom is 0.0955 e. The van der Waals surface area contributed by atoms with Crippen LogP contribution in [0.4, 0.5) is 0 Å². The van der Waals surface area contributed by atoms with Crippen LogP contribution in [0.25, 0.3) is 11.3 Å². The van der Waals surface area contributed by atoms with E-state index in [9.17, 15) is 0 Å². The molecule has 3 nitrogen and oxygen atoms in total. The van der Waals surface area contributed by atoms with Crippen molar-refractivity contribution in [3.05, 3.63) is 40.5 Å². The lowest BCUT2D eigenvalue weighted by Crippen LogP contribution is -2.05. The average Bonchev–Trinajstić information content (AvgIpc) is 2.55.